The van der Waals surface area contributed by atoms with E-state index in [4.69, 9.17) is 4.84 Å². The lowest BCUT2D eigenvalue weighted by Crippen LogP contribution is -2.32. The van der Waals surface area contributed by atoms with Gasteiger partial charge in [0, 0.05) is 17.3 Å². The van der Waals surface area contributed by atoms with Gasteiger partial charge in [-0.25, -0.2) is 4.79 Å². The van der Waals surface area contributed by atoms with Gasteiger partial charge in [-0.05, 0) is 35.0 Å². The van der Waals surface area contributed by atoms with E-state index in [9.17, 15) is 14.4 Å². The fourth-order valence-corrected chi connectivity index (χ4v) is 1.99. The summed E-state index contributed by atoms with van der Waals surface area (Å²) >= 11 is 3.22. The van der Waals surface area contributed by atoms with Crippen molar-refractivity contribution in [2.75, 3.05) is 0 Å². The Hall–Kier alpha value is -1.69. The maximum Gasteiger partial charge on any atom is 0.365 e. The van der Waals surface area contributed by atoms with Crippen LogP contribution in [-0.4, -0.2) is 22.8 Å². The van der Waals surface area contributed by atoms with Gasteiger partial charge in [-0.2, -0.15) is 0 Å². The number of carbonyl (C=O) groups is 3. The molecule has 1 aliphatic rings. The van der Waals surface area contributed by atoms with E-state index < -0.39 is 17.8 Å². The molecule has 0 atom stereocenters. The number of nitrogens with zero attached hydrogens (tertiary/aromatic N) is 1. The van der Waals surface area contributed by atoms with Crippen molar-refractivity contribution in [3.8, 4) is 0 Å². The van der Waals surface area contributed by atoms with E-state index in [0.29, 0.717) is 9.54 Å². The number of hydrogen-bond donors (Lipinski definition) is 0. The van der Waals surface area contributed by atoms with Crippen molar-refractivity contribution >= 4 is 33.7 Å². The molecule has 0 saturated carbocycles. The van der Waals surface area contributed by atoms with Crippen molar-refractivity contribution < 1.29 is 19.2 Å². The summed E-state index contributed by atoms with van der Waals surface area (Å²) in [5.74, 6) is -1.71. The topological polar surface area (TPSA) is 63.7 Å². The van der Waals surface area contributed by atoms with Gasteiger partial charge < -0.3 is 4.84 Å². The van der Waals surface area contributed by atoms with Gasteiger partial charge in [-0.3, -0.25) is 9.59 Å². The summed E-state index contributed by atoms with van der Waals surface area (Å²) in [6.07, 6.45) is 0.169. The molecule has 1 saturated heterocycles. The van der Waals surface area contributed by atoms with Crippen LogP contribution >= 0.6 is 15.9 Å². The Morgan fingerprint density at radius 2 is 1.89 bits per heavy atom. The van der Waals surface area contributed by atoms with Crippen LogP contribution in [0.4, 0.5) is 0 Å². The molecule has 6 heteroatoms. The zero-order valence-electron chi connectivity index (χ0n) is 9.60. The van der Waals surface area contributed by atoms with Gasteiger partial charge in [-0.15, -0.1) is 5.06 Å². The van der Waals surface area contributed by atoms with E-state index in [-0.39, 0.29) is 18.4 Å². The predicted molar refractivity (Wildman–Crippen MR) is 65.4 cm³/mol. The molecule has 1 fully saturated rings. The molecular formula is C12H10BrNO4. The smallest absolute Gasteiger partial charge is 0.325 e. The van der Waals surface area contributed by atoms with Gasteiger partial charge in [0.15, 0.2) is 0 Å². The molecule has 2 amide bonds. The summed E-state index contributed by atoms with van der Waals surface area (Å²) < 4.78 is 0.553. The molecular weight excluding hydrogens is 302 g/mol. The number of amides is 2. The quantitative estimate of drug-likeness (QED) is 0.783. The molecule has 1 heterocycles. The lowest BCUT2D eigenvalue weighted by molar-refractivity contribution is -0.172. The SMILES string of the molecule is Cc1ccc(Br)c(C(=O)ON2C(=O)CCC2=O)c1. The van der Waals surface area contributed by atoms with Crippen LogP contribution in [0.15, 0.2) is 22.7 Å². The summed E-state index contributed by atoms with van der Waals surface area (Å²) in [7, 11) is 0. The Balaban J connectivity index is 2.19. The van der Waals surface area contributed by atoms with Crippen LogP contribution in [0.5, 0.6) is 0 Å². The molecule has 0 spiro atoms. The minimum atomic E-state index is -0.728. The van der Waals surface area contributed by atoms with Crippen molar-refractivity contribution in [2.24, 2.45) is 0 Å². The number of halogens is 1. The molecule has 0 radical (unpaired) electrons. The van der Waals surface area contributed by atoms with Gasteiger partial charge in [0.25, 0.3) is 11.8 Å². The van der Waals surface area contributed by atoms with Crippen LogP contribution in [-0.2, 0) is 14.4 Å². The zero-order valence-corrected chi connectivity index (χ0v) is 11.2. The van der Waals surface area contributed by atoms with E-state index in [0.717, 1.165) is 5.56 Å². The number of imide groups is 1. The van der Waals surface area contributed by atoms with E-state index in [1.165, 1.54) is 0 Å². The van der Waals surface area contributed by atoms with Gasteiger partial charge in [0.05, 0.1) is 5.56 Å². The first kappa shape index (κ1) is 12.8. The van der Waals surface area contributed by atoms with Crippen molar-refractivity contribution in [3.05, 3.63) is 33.8 Å². The lowest BCUT2D eigenvalue weighted by Gasteiger charge is -2.13. The Bertz CT molecular complexity index is 525. The van der Waals surface area contributed by atoms with E-state index >= 15 is 0 Å². The van der Waals surface area contributed by atoms with Crippen LogP contribution < -0.4 is 0 Å². The molecule has 0 N–H and O–H groups in total. The van der Waals surface area contributed by atoms with Crippen LogP contribution in [0.2, 0.25) is 0 Å². The normalized spacial score (nSPS) is 15.1. The molecule has 0 bridgehead atoms. The van der Waals surface area contributed by atoms with Gasteiger partial charge in [0.2, 0.25) is 0 Å². The minimum absolute atomic E-state index is 0.0844. The Labute approximate surface area is 112 Å². The molecule has 1 aromatic carbocycles. The maximum atomic E-state index is 11.9. The summed E-state index contributed by atoms with van der Waals surface area (Å²) in [6, 6.07) is 5.16. The van der Waals surface area contributed by atoms with E-state index in [1.54, 1.807) is 12.1 Å². The number of carbonyl (C=O) groups excluding carboxylic acids is 3. The molecule has 0 unspecified atom stereocenters. The van der Waals surface area contributed by atoms with E-state index in [1.807, 2.05) is 13.0 Å². The predicted octanol–water partition coefficient (Wildman–Crippen LogP) is 1.98. The second-order valence-corrected chi connectivity index (χ2v) is 4.80. The first-order valence-corrected chi connectivity index (χ1v) is 6.12. The second-order valence-electron chi connectivity index (χ2n) is 3.94. The van der Waals surface area contributed by atoms with Gasteiger partial charge in [0.1, 0.15) is 0 Å². The molecule has 94 valence electrons. The van der Waals surface area contributed by atoms with Crippen LogP contribution in [0.1, 0.15) is 28.8 Å². The Kier molecular flexibility index (Phi) is 3.47. The number of hydrogen-bond acceptors (Lipinski definition) is 4. The van der Waals surface area contributed by atoms with Gasteiger partial charge in [-0.1, -0.05) is 11.6 Å². The summed E-state index contributed by atoms with van der Waals surface area (Å²) in [6.45, 7) is 1.83. The Morgan fingerprint density at radius 3 is 2.50 bits per heavy atom. The number of rotatable bonds is 2. The van der Waals surface area contributed by atoms with Gasteiger partial charge >= 0.3 is 5.97 Å². The minimum Gasteiger partial charge on any atom is -0.325 e. The molecule has 1 aromatic rings. The molecule has 2 rings (SSSR count). The Morgan fingerprint density at radius 1 is 1.28 bits per heavy atom. The third-order valence-corrected chi connectivity index (χ3v) is 3.21. The highest BCUT2D eigenvalue weighted by atomic mass is 79.9. The molecule has 0 aromatic heterocycles. The van der Waals surface area contributed by atoms with Crippen LogP contribution in [0.25, 0.3) is 0 Å². The first-order chi connectivity index (χ1) is 8.49. The van der Waals surface area contributed by atoms with Crippen LogP contribution in [0, 0.1) is 6.92 Å². The molecule has 0 aliphatic carbocycles. The van der Waals surface area contributed by atoms with Crippen molar-refractivity contribution in [1.82, 2.24) is 5.06 Å². The third kappa shape index (κ3) is 2.43. The summed E-state index contributed by atoms with van der Waals surface area (Å²) in [5, 5.41) is 0.539. The fraction of sp³-hybridized carbons (Fsp3) is 0.250. The lowest BCUT2D eigenvalue weighted by atomic mass is 10.1. The van der Waals surface area contributed by atoms with Crippen molar-refractivity contribution in [2.45, 2.75) is 19.8 Å². The standard InChI is InChI=1S/C12H10BrNO4/c1-7-2-3-9(13)8(6-7)12(17)18-14-10(15)4-5-11(14)16/h2-3,6H,4-5H2,1H3. The highest BCUT2D eigenvalue weighted by Crippen LogP contribution is 2.21. The number of hydroxylamine groups is 2. The average molecular weight is 312 g/mol. The summed E-state index contributed by atoms with van der Waals surface area (Å²) in [4.78, 5) is 39.3. The second kappa shape index (κ2) is 4.89. The fourth-order valence-electron chi connectivity index (χ4n) is 1.59. The average Bonchev–Trinajstić information content (AvgIpc) is 2.64. The molecule has 1 aliphatic heterocycles. The van der Waals surface area contributed by atoms with E-state index in [2.05, 4.69) is 15.9 Å². The van der Waals surface area contributed by atoms with Crippen LogP contribution in [0.3, 0.4) is 0 Å². The number of aryl methyl sites for hydroxylation is 1. The zero-order chi connectivity index (χ0) is 13.3. The highest BCUT2D eigenvalue weighted by molar-refractivity contribution is 9.10. The monoisotopic (exact) mass is 311 g/mol. The molecule has 5 nitrogen and oxygen atoms in total. The molecule has 18 heavy (non-hydrogen) atoms. The maximum absolute atomic E-state index is 11.9. The van der Waals surface area contributed by atoms with Crippen molar-refractivity contribution in [3.63, 3.8) is 0 Å². The third-order valence-electron chi connectivity index (χ3n) is 2.52. The number of benzene rings is 1. The first-order valence-electron chi connectivity index (χ1n) is 5.33. The largest absolute Gasteiger partial charge is 0.365 e. The summed E-state index contributed by atoms with van der Waals surface area (Å²) in [5.41, 5.74) is 1.16. The highest BCUT2D eigenvalue weighted by Gasteiger charge is 2.33. The van der Waals surface area contributed by atoms with Crippen molar-refractivity contribution in [1.29, 1.82) is 0 Å².